The molecule has 2 rings (SSSR count). The molecule has 7 heteroatoms. The Balaban J connectivity index is 1.92. The molecule has 17 heavy (non-hydrogen) atoms. The molecule has 2 aliphatic rings. The summed E-state index contributed by atoms with van der Waals surface area (Å²) in [6, 6.07) is 0. The predicted molar refractivity (Wildman–Crippen MR) is 54.7 cm³/mol. The summed E-state index contributed by atoms with van der Waals surface area (Å²) in [6.45, 7) is 0.756. The molecule has 0 spiro atoms. The van der Waals surface area contributed by atoms with Crippen LogP contribution in [-0.4, -0.2) is 53.6 Å². The van der Waals surface area contributed by atoms with E-state index >= 15 is 0 Å². The van der Waals surface area contributed by atoms with Crippen LogP contribution in [-0.2, 0) is 19.1 Å². The molecule has 2 fully saturated rings. The molecule has 2 amide bonds. The van der Waals surface area contributed by atoms with Gasteiger partial charge in [0.25, 0.3) is 0 Å². The number of rotatable bonds is 3. The van der Waals surface area contributed by atoms with Crippen LogP contribution in [0.5, 0.6) is 0 Å². The number of carbonyl (C=O) groups is 3. The van der Waals surface area contributed by atoms with Crippen LogP contribution in [0, 0.1) is 11.8 Å². The van der Waals surface area contributed by atoms with Crippen molar-refractivity contribution in [2.24, 2.45) is 17.6 Å². The van der Waals surface area contributed by atoms with Crippen molar-refractivity contribution in [1.82, 2.24) is 4.90 Å². The van der Waals surface area contributed by atoms with Gasteiger partial charge in [-0.3, -0.25) is 14.4 Å². The number of amides is 2. The van der Waals surface area contributed by atoms with Gasteiger partial charge in [-0.05, 0) is 6.42 Å². The lowest BCUT2D eigenvalue weighted by Gasteiger charge is -2.31. The first-order valence-corrected chi connectivity index (χ1v) is 5.43. The molecule has 1 saturated carbocycles. The molecule has 0 unspecified atom stereocenters. The Hall–Kier alpha value is -1.63. The first kappa shape index (κ1) is 11.8. The van der Waals surface area contributed by atoms with Crippen molar-refractivity contribution in [1.29, 1.82) is 0 Å². The molecule has 3 atom stereocenters. The second-order valence-corrected chi connectivity index (χ2v) is 4.33. The van der Waals surface area contributed by atoms with E-state index < -0.39 is 29.8 Å². The number of primary amides is 1. The van der Waals surface area contributed by atoms with E-state index in [1.54, 1.807) is 0 Å². The van der Waals surface area contributed by atoms with Crippen LogP contribution >= 0.6 is 0 Å². The SMILES string of the molecule is NC(=O)[C@@H]1CN(C(=O)[C@H]2C[C@H]2C(=O)O)CCO1. The lowest BCUT2D eigenvalue weighted by atomic mass is 10.2. The molecule has 94 valence electrons. The lowest BCUT2D eigenvalue weighted by molar-refractivity contribution is -0.148. The van der Waals surface area contributed by atoms with Gasteiger partial charge < -0.3 is 20.5 Å². The summed E-state index contributed by atoms with van der Waals surface area (Å²) >= 11 is 0. The van der Waals surface area contributed by atoms with Crippen molar-refractivity contribution in [3.8, 4) is 0 Å². The van der Waals surface area contributed by atoms with Crippen molar-refractivity contribution in [2.45, 2.75) is 12.5 Å². The second kappa shape index (κ2) is 4.33. The molecule has 1 heterocycles. The Labute approximate surface area is 97.5 Å². The number of nitrogens with zero attached hydrogens (tertiary/aromatic N) is 1. The van der Waals surface area contributed by atoms with E-state index in [1.165, 1.54) is 4.90 Å². The zero-order chi connectivity index (χ0) is 12.6. The molecule has 1 aliphatic heterocycles. The highest BCUT2D eigenvalue weighted by atomic mass is 16.5. The van der Waals surface area contributed by atoms with Gasteiger partial charge in [0.1, 0.15) is 0 Å². The van der Waals surface area contributed by atoms with Crippen molar-refractivity contribution in [2.75, 3.05) is 19.7 Å². The molecule has 0 aromatic rings. The summed E-state index contributed by atoms with van der Waals surface area (Å²) in [6.07, 6.45) is -0.401. The van der Waals surface area contributed by atoms with Crippen molar-refractivity contribution >= 4 is 17.8 Å². The summed E-state index contributed by atoms with van der Waals surface area (Å²) in [5.41, 5.74) is 5.10. The van der Waals surface area contributed by atoms with E-state index in [0.29, 0.717) is 13.0 Å². The van der Waals surface area contributed by atoms with Gasteiger partial charge in [0, 0.05) is 6.54 Å². The molecule has 0 bridgehead atoms. The van der Waals surface area contributed by atoms with Gasteiger partial charge in [-0.25, -0.2) is 0 Å². The maximum absolute atomic E-state index is 11.9. The Morgan fingerprint density at radius 1 is 1.29 bits per heavy atom. The molecular formula is C10H14N2O5. The number of carboxylic acid groups (broad SMARTS) is 1. The van der Waals surface area contributed by atoms with Crippen molar-refractivity contribution in [3.05, 3.63) is 0 Å². The highest BCUT2D eigenvalue weighted by molar-refractivity contribution is 5.90. The van der Waals surface area contributed by atoms with Gasteiger partial charge >= 0.3 is 5.97 Å². The Morgan fingerprint density at radius 2 is 2.00 bits per heavy atom. The standard InChI is InChI=1S/C10H14N2O5/c11-8(13)7-4-12(1-2-17-7)9(14)5-3-6(5)10(15)16/h5-7H,1-4H2,(H2,11,13)(H,15,16)/t5-,6+,7-/m0/s1. The summed E-state index contributed by atoms with van der Waals surface area (Å²) in [5, 5.41) is 8.74. The van der Waals surface area contributed by atoms with Crippen LogP contribution in [0.25, 0.3) is 0 Å². The summed E-state index contributed by atoms with van der Waals surface area (Å²) < 4.78 is 5.11. The summed E-state index contributed by atoms with van der Waals surface area (Å²) in [5.74, 6) is -2.78. The third kappa shape index (κ3) is 2.38. The van der Waals surface area contributed by atoms with E-state index in [0.717, 1.165) is 0 Å². The van der Waals surface area contributed by atoms with Crippen molar-refractivity contribution in [3.63, 3.8) is 0 Å². The molecule has 7 nitrogen and oxygen atoms in total. The minimum absolute atomic E-state index is 0.122. The topological polar surface area (TPSA) is 110 Å². The van der Waals surface area contributed by atoms with Crippen LogP contribution in [0.1, 0.15) is 6.42 Å². The molecule has 0 aromatic heterocycles. The van der Waals surface area contributed by atoms with Crippen molar-refractivity contribution < 1.29 is 24.2 Å². The number of aliphatic carboxylic acids is 1. The Bertz CT molecular complexity index is 370. The smallest absolute Gasteiger partial charge is 0.307 e. The summed E-state index contributed by atoms with van der Waals surface area (Å²) in [4.78, 5) is 35.0. The number of hydrogen-bond acceptors (Lipinski definition) is 4. The van der Waals surface area contributed by atoms with Crippen LogP contribution < -0.4 is 5.73 Å². The normalized spacial score (nSPS) is 32.0. The Morgan fingerprint density at radius 3 is 2.53 bits per heavy atom. The zero-order valence-corrected chi connectivity index (χ0v) is 9.17. The Kier molecular flexibility index (Phi) is 3.01. The maximum Gasteiger partial charge on any atom is 0.307 e. The molecule has 0 radical (unpaired) electrons. The number of morpholine rings is 1. The predicted octanol–water partition coefficient (Wildman–Crippen LogP) is -1.58. The molecule has 0 aromatic carbocycles. The molecule has 3 N–H and O–H groups in total. The zero-order valence-electron chi connectivity index (χ0n) is 9.17. The van der Waals surface area contributed by atoms with E-state index in [-0.39, 0.29) is 19.1 Å². The van der Waals surface area contributed by atoms with Crippen LogP contribution in [0.4, 0.5) is 0 Å². The third-order valence-electron chi connectivity index (χ3n) is 3.12. The van der Waals surface area contributed by atoms with Gasteiger partial charge in [-0.2, -0.15) is 0 Å². The van der Waals surface area contributed by atoms with Crippen LogP contribution in [0.15, 0.2) is 0 Å². The van der Waals surface area contributed by atoms with E-state index in [2.05, 4.69) is 0 Å². The fourth-order valence-corrected chi connectivity index (χ4v) is 2.00. The summed E-state index contributed by atoms with van der Waals surface area (Å²) in [7, 11) is 0. The van der Waals surface area contributed by atoms with E-state index in [4.69, 9.17) is 15.6 Å². The maximum atomic E-state index is 11.9. The van der Waals surface area contributed by atoms with E-state index in [9.17, 15) is 14.4 Å². The highest BCUT2D eigenvalue weighted by Gasteiger charge is 2.50. The molecule has 1 saturated heterocycles. The average molecular weight is 242 g/mol. The molecule has 1 aliphatic carbocycles. The van der Waals surface area contributed by atoms with Crippen LogP contribution in [0.3, 0.4) is 0 Å². The van der Waals surface area contributed by atoms with Gasteiger partial charge in [0.05, 0.1) is 25.0 Å². The minimum atomic E-state index is -0.942. The van der Waals surface area contributed by atoms with Gasteiger partial charge in [0.15, 0.2) is 6.10 Å². The lowest BCUT2D eigenvalue weighted by Crippen LogP contribution is -2.51. The van der Waals surface area contributed by atoms with Gasteiger partial charge in [-0.1, -0.05) is 0 Å². The van der Waals surface area contributed by atoms with Gasteiger partial charge in [0.2, 0.25) is 11.8 Å². The second-order valence-electron chi connectivity index (χ2n) is 4.33. The first-order chi connectivity index (χ1) is 8.00. The number of nitrogens with two attached hydrogens (primary N) is 1. The minimum Gasteiger partial charge on any atom is -0.481 e. The number of carbonyl (C=O) groups excluding carboxylic acids is 2. The van der Waals surface area contributed by atoms with E-state index in [1.807, 2.05) is 0 Å². The number of carboxylic acids is 1. The molecular weight excluding hydrogens is 228 g/mol. The quantitative estimate of drug-likeness (QED) is 0.620. The fourth-order valence-electron chi connectivity index (χ4n) is 2.00. The third-order valence-corrected chi connectivity index (χ3v) is 3.12. The largest absolute Gasteiger partial charge is 0.481 e. The van der Waals surface area contributed by atoms with Gasteiger partial charge in [-0.15, -0.1) is 0 Å². The fraction of sp³-hybridized carbons (Fsp3) is 0.700. The highest BCUT2D eigenvalue weighted by Crippen LogP contribution is 2.40. The first-order valence-electron chi connectivity index (χ1n) is 5.43. The number of hydrogen-bond donors (Lipinski definition) is 2. The average Bonchev–Trinajstić information content (AvgIpc) is 3.08. The number of ether oxygens (including phenoxy) is 1. The monoisotopic (exact) mass is 242 g/mol. The van der Waals surface area contributed by atoms with Crippen LogP contribution in [0.2, 0.25) is 0 Å².